The lowest BCUT2D eigenvalue weighted by atomic mass is 10.2. The van der Waals surface area contributed by atoms with Gasteiger partial charge in [0.1, 0.15) is 6.04 Å². The third kappa shape index (κ3) is 5.87. The number of carboxylic acid groups (broad SMARTS) is 1. The summed E-state index contributed by atoms with van der Waals surface area (Å²) in [7, 11) is 0. The molecule has 1 aromatic rings. The van der Waals surface area contributed by atoms with E-state index in [2.05, 4.69) is 15.7 Å². The Hall–Kier alpha value is -2.09. The summed E-state index contributed by atoms with van der Waals surface area (Å²) in [6.07, 6.45) is 4.16. The van der Waals surface area contributed by atoms with E-state index in [0.29, 0.717) is 19.5 Å². The molecule has 1 heterocycles. The maximum absolute atomic E-state index is 11.4. The van der Waals surface area contributed by atoms with Gasteiger partial charge in [0, 0.05) is 38.5 Å². The summed E-state index contributed by atoms with van der Waals surface area (Å²) in [6.45, 7) is 0.792. The molecule has 0 saturated heterocycles. The van der Waals surface area contributed by atoms with Crippen molar-refractivity contribution in [3.05, 3.63) is 18.5 Å². The molecule has 0 radical (unpaired) electrons. The number of urea groups is 1. The number of aryl methyl sites for hydroxylation is 1. The minimum Gasteiger partial charge on any atom is -0.480 e. The second kappa shape index (κ2) is 8.09. The van der Waals surface area contributed by atoms with Crippen molar-refractivity contribution in [2.75, 3.05) is 13.2 Å². The van der Waals surface area contributed by atoms with Crippen LogP contribution in [-0.4, -0.2) is 51.2 Å². The van der Waals surface area contributed by atoms with Crippen LogP contribution in [0.15, 0.2) is 18.5 Å². The zero-order chi connectivity index (χ0) is 14.1. The number of aliphatic carboxylic acids is 1. The first kappa shape index (κ1) is 15.0. The van der Waals surface area contributed by atoms with Crippen LogP contribution in [0.3, 0.4) is 0 Å². The highest BCUT2D eigenvalue weighted by atomic mass is 16.4. The Balaban J connectivity index is 2.17. The Morgan fingerprint density at radius 1 is 1.42 bits per heavy atom. The summed E-state index contributed by atoms with van der Waals surface area (Å²) in [6, 6.07) is 0.185. The number of aliphatic hydroxyl groups is 1. The fraction of sp³-hybridized carbons (Fsp3) is 0.545. The Morgan fingerprint density at radius 2 is 2.21 bits per heavy atom. The lowest BCUT2D eigenvalue weighted by Gasteiger charge is -2.13. The number of carboxylic acids is 1. The second-order valence-corrected chi connectivity index (χ2v) is 3.93. The standard InChI is InChI=1S/C11H18N4O4/c16-8-3-9(10(17)18)14-11(19)12-4-1-6-15-7-2-5-13-15/h2,5,7,9,16H,1,3-4,6,8H2,(H,17,18)(H2,12,14,19)/t9-/m0/s1. The number of hydrogen-bond acceptors (Lipinski definition) is 4. The number of aromatic nitrogens is 2. The van der Waals surface area contributed by atoms with Crippen LogP contribution in [0.25, 0.3) is 0 Å². The van der Waals surface area contributed by atoms with E-state index in [0.717, 1.165) is 0 Å². The highest BCUT2D eigenvalue weighted by Crippen LogP contribution is 1.92. The fourth-order valence-corrected chi connectivity index (χ4v) is 1.47. The van der Waals surface area contributed by atoms with Crippen molar-refractivity contribution >= 4 is 12.0 Å². The number of aliphatic hydroxyl groups excluding tert-OH is 1. The summed E-state index contributed by atoms with van der Waals surface area (Å²) in [5.41, 5.74) is 0. The van der Waals surface area contributed by atoms with Crippen molar-refractivity contribution in [2.24, 2.45) is 0 Å². The fourth-order valence-electron chi connectivity index (χ4n) is 1.47. The molecule has 1 atom stereocenters. The predicted octanol–water partition coefficient (Wildman–Crippen LogP) is -0.592. The van der Waals surface area contributed by atoms with Crippen molar-refractivity contribution in [2.45, 2.75) is 25.4 Å². The molecular weight excluding hydrogens is 252 g/mol. The summed E-state index contributed by atoms with van der Waals surface area (Å²) < 4.78 is 1.74. The molecule has 106 valence electrons. The Morgan fingerprint density at radius 3 is 2.79 bits per heavy atom. The molecule has 8 nitrogen and oxygen atoms in total. The lowest BCUT2D eigenvalue weighted by Crippen LogP contribution is -2.46. The van der Waals surface area contributed by atoms with Gasteiger partial charge in [-0.15, -0.1) is 0 Å². The molecule has 0 unspecified atom stereocenters. The van der Waals surface area contributed by atoms with Crippen molar-refractivity contribution in [3.8, 4) is 0 Å². The van der Waals surface area contributed by atoms with E-state index in [9.17, 15) is 9.59 Å². The molecule has 0 aromatic carbocycles. The van der Waals surface area contributed by atoms with Gasteiger partial charge < -0.3 is 20.8 Å². The van der Waals surface area contributed by atoms with E-state index in [-0.39, 0.29) is 13.0 Å². The predicted molar refractivity (Wildman–Crippen MR) is 66.5 cm³/mol. The van der Waals surface area contributed by atoms with Crippen LogP contribution in [0.1, 0.15) is 12.8 Å². The van der Waals surface area contributed by atoms with Crippen molar-refractivity contribution < 1.29 is 19.8 Å². The second-order valence-electron chi connectivity index (χ2n) is 3.93. The van der Waals surface area contributed by atoms with Crippen molar-refractivity contribution in [1.29, 1.82) is 0 Å². The first-order valence-corrected chi connectivity index (χ1v) is 5.99. The molecule has 0 fully saturated rings. The van der Waals surface area contributed by atoms with Crippen LogP contribution in [0.2, 0.25) is 0 Å². The van der Waals surface area contributed by atoms with E-state index in [4.69, 9.17) is 10.2 Å². The summed E-state index contributed by atoms with van der Waals surface area (Å²) in [4.78, 5) is 22.1. The molecule has 0 aliphatic carbocycles. The molecule has 0 aliphatic rings. The highest BCUT2D eigenvalue weighted by Gasteiger charge is 2.18. The molecule has 1 rings (SSSR count). The Labute approximate surface area is 110 Å². The van der Waals surface area contributed by atoms with Gasteiger partial charge in [0.2, 0.25) is 0 Å². The SMILES string of the molecule is O=C(NCCCn1cccn1)N[C@@H](CCO)C(=O)O. The van der Waals surface area contributed by atoms with Gasteiger partial charge in [-0.25, -0.2) is 9.59 Å². The van der Waals surface area contributed by atoms with Crippen LogP contribution in [0.5, 0.6) is 0 Å². The molecule has 4 N–H and O–H groups in total. The van der Waals surface area contributed by atoms with Crippen molar-refractivity contribution in [3.63, 3.8) is 0 Å². The summed E-state index contributed by atoms with van der Waals surface area (Å²) in [5, 5.41) is 26.3. The number of nitrogens with one attached hydrogen (secondary N) is 2. The lowest BCUT2D eigenvalue weighted by molar-refractivity contribution is -0.139. The van der Waals surface area contributed by atoms with Gasteiger partial charge in [-0.1, -0.05) is 0 Å². The van der Waals surface area contributed by atoms with Crippen LogP contribution < -0.4 is 10.6 Å². The van der Waals surface area contributed by atoms with Crippen molar-refractivity contribution in [1.82, 2.24) is 20.4 Å². The smallest absolute Gasteiger partial charge is 0.326 e. The first-order valence-electron chi connectivity index (χ1n) is 5.99. The van der Waals surface area contributed by atoms with Crippen LogP contribution >= 0.6 is 0 Å². The molecule has 0 spiro atoms. The van der Waals surface area contributed by atoms with E-state index in [1.54, 1.807) is 10.9 Å². The van der Waals surface area contributed by atoms with Gasteiger partial charge in [0.25, 0.3) is 0 Å². The highest BCUT2D eigenvalue weighted by molar-refractivity contribution is 5.82. The molecule has 1 aromatic heterocycles. The largest absolute Gasteiger partial charge is 0.480 e. The average molecular weight is 270 g/mol. The zero-order valence-electron chi connectivity index (χ0n) is 10.5. The normalized spacial score (nSPS) is 11.8. The molecular formula is C11H18N4O4. The van der Waals surface area contributed by atoms with E-state index in [1.807, 2.05) is 12.3 Å². The first-order chi connectivity index (χ1) is 9.13. The van der Waals surface area contributed by atoms with Gasteiger partial charge in [-0.2, -0.15) is 5.10 Å². The topological polar surface area (TPSA) is 116 Å². The zero-order valence-corrected chi connectivity index (χ0v) is 10.5. The Bertz CT molecular complexity index is 393. The molecule has 19 heavy (non-hydrogen) atoms. The minimum absolute atomic E-state index is 0.0178. The van der Waals surface area contributed by atoms with E-state index in [1.165, 1.54) is 0 Å². The summed E-state index contributed by atoms with van der Waals surface area (Å²) >= 11 is 0. The van der Waals surface area contributed by atoms with Crippen LogP contribution in [0.4, 0.5) is 4.79 Å². The van der Waals surface area contributed by atoms with Gasteiger partial charge in [-0.3, -0.25) is 4.68 Å². The third-order valence-corrected chi connectivity index (χ3v) is 2.43. The summed E-state index contributed by atoms with van der Waals surface area (Å²) in [5.74, 6) is -1.17. The number of carbonyl (C=O) groups excluding carboxylic acids is 1. The van der Waals surface area contributed by atoms with Gasteiger partial charge in [-0.05, 0) is 12.5 Å². The number of carbonyl (C=O) groups is 2. The molecule has 2 amide bonds. The molecule has 0 saturated carbocycles. The van der Waals surface area contributed by atoms with E-state index < -0.39 is 18.0 Å². The number of hydrogen-bond donors (Lipinski definition) is 4. The molecule has 0 bridgehead atoms. The third-order valence-electron chi connectivity index (χ3n) is 2.43. The van der Waals surface area contributed by atoms with Gasteiger partial charge >= 0.3 is 12.0 Å². The van der Waals surface area contributed by atoms with Crippen LogP contribution in [-0.2, 0) is 11.3 Å². The molecule has 8 heteroatoms. The minimum atomic E-state index is -1.17. The number of rotatable bonds is 8. The number of amides is 2. The van der Waals surface area contributed by atoms with Crippen LogP contribution in [0, 0.1) is 0 Å². The maximum atomic E-state index is 11.4. The maximum Gasteiger partial charge on any atom is 0.326 e. The van der Waals surface area contributed by atoms with E-state index >= 15 is 0 Å². The molecule has 0 aliphatic heterocycles. The monoisotopic (exact) mass is 270 g/mol. The van der Waals surface area contributed by atoms with Gasteiger partial charge in [0.05, 0.1) is 0 Å². The average Bonchev–Trinajstić information content (AvgIpc) is 2.87. The van der Waals surface area contributed by atoms with Gasteiger partial charge in [0.15, 0.2) is 0 Å². The number of nitrogens with zero attached hydrogens (tertiary/aromatic N) is 2. The quantitative estimate of drug-likeness (QED) is 0.471. The Kier molecular flexibility index (Phi) is 6.37.